The van der Waals surface area contributed by atoms with Crippen LogP contribution in [0.25, 0.3) is 0 Å². The number of aromatic nitrogens is 1. The lowest BCUT2D eigenvalue weighted by Gasteiger charge is -2.30. The smallest absolute Gasteiger partial charge is 0.107 e. The molecule has 2 heterocycles. The van der Waals surface area contributed by atoms with Crippen LogP contribution in [0.3, 0.4) is 0 Å². The van der Waals surface area contributed by atoms with Crippen molar-refractivity contribution in [2.45, 2.75) is 68.2 Å². The maximum absolute atomic E-state index is 5.09. The first-order chi connectivity index (χ1) is 10.2. The van der Waals surface area contributed by atoms with Crippen molar-refractivity contribution in [2.24, 2.45) is 0 Å². The van der Waals surface area contributed by atoms with Crippen LogP contribution in [0.15, 0.2) is 0 Å². The van der Waals surface area contributed by atoms with Gasteiger partial charge in [0.05, 0.1) is 17.0 Å². The summed E-state index contributed by atoms with van der Waals surface area (Å²) >= 11 is 6.25. The molecule has 0 spiro atoms. The third-order valence-corrected chi connectivity index (χ3v) is 9.23. The van der Waals surface area contributed by atoms with Gasteiger partial charge in [-0.05, 0) is 32.2 Å². The van der Waals surface area contributed by atoms with Gasteiger partial charge in [-0.1, -0.05) is 20.8 Å². The number of rotatable bonds is 4. The van der Waals surface area contributed by atoms with Crippen LogP contribution in [0.2, 0.25) is 0 Å². The quantitative estimate of drug-likeness (QED) is 0.848. The van der Waals surface area contributed by atoms with Crippen molar-refractivity contribution in [3.05, 3.63) is 15.6 Å². The maximum atomic E-state index is 5.09. The van der Waals surface area contributed by atoms with Crippen molar-refractivity contribution in [2.75, 3.05) is 12.3 Å². The molecule has 0 bridgehead atoms. The van der Waals surface area contributed by atoms with Gasteiger partial charge in [0.1, 0.15) is 5.01 Å². The van der Waals surface area contributed by atoms with E-state index in [1.807, 2.05) is 11.3 Å². The fourth-order valence-electron chi connectivity index (χ4n) is 3.01. The van der Waals surface area contributed by atoms with Gasteiger partial charge >= 0.3 is 0 Å². The molecule has 0 radical (unpaired) electrons. The summed E-state index contributed by atoms with van der Waals surface area (Å²) in [7, 11) is 0. The Bertz CT molecular complexity index is 474. The highest BCUT2D eigenvalue weighted by atomic mass is 32.2. The Morgan fingerprint density at radius 1 is 1.29 bits per heavy atom. The molecular formula is C16H26N2S3. The number of thiazole rings is 1. The third kappa shape index (κ3) is 3.62. The van der Waals surface area contributed by atoms with Crippen molar-refractivity contribution in [1.29, 1.82) is 0 Å². The third-order valence-electron chi connectivity index (χ3n) is 4.44. The van der Waals surface area contributed by atoms with E-state index < -0.39 is 0 Å². The Morgan fingerprint density at radius 2 is 2.14 bits per heavy atom. The summed E-state index contributed by atoms with van der Waals surface area (Å²) in [6.07, 6.45) is 5.02. The molecule has 1 saturated heterocycles. The van der Waals surface area contributed by atoms with Crippen LogP contribution < -0.4 is 5.32 Å². The Kier molecular flexibility index (Phi) is 5.57. The van der Waals surface area contributed by atoms with Gasteiger partial charge in [0, 0.05) is 21.1 Å². The topological polar surface area (TPSA) is 24.9 Å². The average Bonchev–Trinajstić information content (AvgIpc) is 2.92. The molecule has 0 aromatic carbocycles. The molecule has 2 aliphatic rings. The molecule has 1 aromatic rings. The summed E-state index contributed by atoms with van der Waals surface area (Å²) in [6, 6.07) is 0.510. The highest BCUT2D eigenvalue weighted by molar-refractivity contribution is 8.07. The SMILES string of the molecule is CCCNC1CCCc2sc(C3CSC(C)C(C)S3)nc21. The number of thioether (sulfide) groups is 2. The highest BCUT2D eigenvalue weighted by Gasteiger charge is 2.31. The molecule has 1 fully saturated rings. The summed E-state index contributed by atoms with van der Waals surface area (Å²) in [5, 5.41) is 7.21. The maximum Gasteiger partial charge on any atom is 0.107 e. The van der Waals surface area contributed by atoms with Crippen molar-refractivity contribution >= 4 is 34.9 Å². The first kappa shape index (κ1) is 16.2. The van der Waals surface area contributed by atoms with Gasteiger partial charge in [0.25, 0.3) is 0 Å². The zero-order valence-electron chi connectivity index (χ0n) is 13.2. The van der Waals surface area contributed by atoms with Crippen LogP contribution in [0.1, 0.15) is 66.9 Å². The molecule has 1 aromatic heterocycles. The first-order valence-corrected chi connectivity index (χ1v) is 11.0. The second-order valence-corrected chi connectivity index (χ2v) is 10.2. The van der Waals surface area contributed by atoms with Crippen molar-refractivity contribution in [1.82, 2.24) is 10.3 Å². The lowest BCUT2D eigenvalue weighted by Crippen LogP contribution is -2.26. The van der Waals surface area contributed by atoms with E-state index >= 15 is 0 Å². The van der Waals surface area contributed by atoms with Crippen LogP contribution in [0.4, 0.5) is 0 Å². The molecule has 3 rings (SSSR count). The summed E-state index contributed by atoms with van der Waals surface area (Å²) in [5.74, 6) is 1.23. The number of nitrogens with zero attached hydrogens (tertiary/aromatic N) is 1. The Balaban J connectivity index is 1.75. The number of fused-ring (bicyclic) bond motifs is 1. The number of hydrogen-bond donors (Lipinski definition) is 1. The molecule has 118 valence electrons. The minimum Gasteiger partial charge on any atom is -0.309 e. The van der Waals surface area contributed by atoms with E-state index in [0.717, 1.165) is 17.0 Å². The van der Waals surface area contributed by atoms with E-state index in [1.165, 1.54) is 42.1 Å². The van der Waals surface area contributed by atoms with E-state index in [9.17, 15) is 0 Å². The van der Waals surface area contributed by atoms with Crippen LogP contribution in [0, 0.1) is 0 Å². The Labute approximate surface area is 141 Å². The second kappa shape index (κ2) is 7.24. The van der Waals surface area contributed by atoms with Crippen LogP contribution in [-0.4, -0.2) is 27.8 Å². The lowest BCUT2D eigenvalue weighted by molar-refractivity contribution is 0.454. The van der Waals surface area contributed by atoms with E-state index in [2.05, 4.69) is 49.6 Å². The predicted molar refractivity (Wildman–Crippen MR) is 97.8 cm³/mol. The summed E-state index contributed by atoms with van der Waals surface area (Å²) in [5.41, 5.74) is 1.38. The molecule has 1 aliphatic heterocycles. The lowest BCUT2D eigenvalue weighted by atomic mass is 9.97. The van der Waals surface area contributed by atoms with Crippen molar-refractivity contribution in [3.8, 4) is 0 Å². The summed E-state index contributed by atoms with van der Waals surface area (Å²) in [4.78, 5) is 6.65. The fraction of sp³-hybridized carbons (Fsp3) is 0.812. The highest BCUT2D eigenvalue weighted by Crippen LogP contribution is 2.47. The zero-order valence-corrected chi connectivity index (χ0v) is 15.7. The van der Waals surface area contributed by atoms with Gasteiger partial charge in [-0.25, -0.2) is 4.98 Å². The molecule has 1 N–H and O–H groups in total. The average molecular weight is 343 g/mol. The van der Waals surface area contributed by atoms with Gasteiger partial charge in [-0.2, -0.15) is 11.8 Å². The Morgan fingerprint density at radius 3 is 2.90 bits per heavy atom. The van der Waals surface area contributed by atoms with Crippen LogP contribution in [-0.2, 0) is 6.42 Å². The zero-order chi connectivity index (χ0) is 14.8. The van der Waals surface area contributed by atoms with Gasteiger partial charge in [-0.15, -0.1) is 23.1 Å². The minimum absolute atomic E-state index is 0.510. The largest absolute Gasteiger partial charge is 0.309 e. The molecule has 4 atom stereocenters. The Hall–Kier alpha value is 0.290. The molecule has 0 amide bonds. The van der Waals surface area contributed by atoms with Crippen molar-refractivity contribution in [3.63, 3.8) is 0 Å². The standard InChI is InChI=1S/C16H26N2S3/c1-4-8-17-12-6-5-7-13-15(12)18-16(21-13)14-9-19-10(2)11(3)20-14/h10-12,14,17H,4-9H2,1-3H3. The molecule has 21 heavy (non-hydrogen) atoms. The summed E-state index contributed by atoms with van der Waals surface area (Å²) in [6.45, 7) is 8.07. The first-order valence-electron chi connectivity index (χ1n) is 8.19. The molecule has 1 aliphatic carbocycles. The minimum atomic E-state index is 0.510. The second-order valence-electron chi connectivity index (χ2n) is 6.13. The van der Waals surface area contributed by atoms with Gasteiger partial charge in [-0.3, -0.25) is 0 Å². The molecule has 2 nitrogen and oxygen atoms in total. The van der Waals surface area contributed by atoms with Crippen LogP contribution in [0.5, 0.6) is 0 Å². The number of aryl methyl sites for hydroxylation is 1. The van der Waals surface area contributed by atoms with Gasteiger partial charge in [0.15, 0.2) is 0 Å². The molecule has 4 unspecified atom stereocenters. The van der Waals surface area contributed by atoms with Crippen molar-refractivity contribution < 1.29 is 0 Å². The van der Waals surface area contributed by atoms with E-state index in [4.69, 9.17) is 4.98 Å². The molecule has 0 saturated carbocycles. The monoisotopic (exact) mass is 342 g/mol. The fourth-order valence-corrected chi connectivity index (χ4v) is 7.37. The van der Waals surface area contributed by atoms with Crippen LogP contribution >= 0.6 is 34.9 Å². The van der Waals surface area contributed by atoms with Gasteiger partial charge < -0.3 is 5.32 Å². The van der Waals surface area contributed by atoms with Gasteiger partial charge in [0.2, 0.25) is 0 Å². The van der Waals surface area contributed by atoms with E-state index in [1.54, 1.807) is 4.88 Å². The van der Waals surface area contributed by atoms with E-state index in [0.29, 0.717) is 11.3 Å². The summed E-state index contributed by atoms with van der Waals surface area (Å²) < 4.78 is 0. The molecular weight excluding hydrogens is 316 g/mol. The molecule has 5 heteroatoms. The van der Waals surface area contributed by atoms with E-state index in [-0.39, 0.29) is 0 Å². The normalized spacial score (nSPS) is 32.9. The number of hydrogen-bond acceptors (Lipinski definition) is 5. The predicted octanol–water partition coefficient (Wildman–Crippen LogP) is 4.82. The number of nitrogens with one attached hydrogen (secondary N) is 1.